The predicted octanol–water partition coefficient (Wildman–Crippen LogP) is 3.86. The number of nitrogens with zero attached hydrogens (tertiary/aromatic N) is 2. The van der Waals surface area contributed by atoms with Gasteiger partial charge >= 0.3 is 6.09 Å². The number of rotatable bonds is 2. The molecule has 5 nitrogen and oxygen atoms in total. The van der Waals surface area contributed by atoms with Crippen LogP contribution in [0.4, 0.5) is 4.79 Å². The van der Waals surface area contributed by atoms with E-state index in [1.54, 1.807) is 6.20 Å². The zero-order valence-electron chi connectivity index (χ0n) is 15.8. The molecule has 0 radical (unpaired) electrons. The number of carbonyl (C=O) groups excluding carboxylic acids is 2. The van der Waals surface area contributed by atoms with Gasteiger partial charge in [0.15, 0.2) is 0 Å². The smallest absolute Gasteiger partial charge is 0.410 e. The Bertz CT molecular complexity index is 913. The van der Waals surface area contributed by atoms with E-state index in [0.717, 1.165) is 29.7 Å². The van der Waals surface area contributed by atoms with Crippen LogP contribution in [0.5, 0.6) is 0 Å². The third kappa shape index (κ3) is 2.56. The van der Waals surface area contributed by atoms with Crippen molar-refractivity contribution in [2.75, 3.05) is 6.54 Å². The number of hydrogen-bond acceptors (Lipinski definition) is 4. The minimum atomic E-state index is -0.452. The first kappa shape index (κ1) is 17.4. The maximum atomic E-state index is 13.2. The molecule has 3 aliphatic rings. The number of ether oxygens (including phenoxy) is 1. The van der Waals surface area contributed by atoms with Gasteiger partial charge < -0.3 is 4.74 Å². The van der Waals surface area contributed by atoms with Crippen LogP contribution < -0.4 is 0 Å². The van der Waals surface area contributed by atoms with E-state index in [0.29, 0.717) is 31.6 Å². The van der Waals surface area contributed by atoms with E-state index < -0.39 is 5.54 Å². The molecular weight excluding hydrogens is 352 g/mol. The van der Waals surface area contributed by atoms with Crippen LogP contribution in [0, 0.1) is 11.8 Å². The van der Waals surface area contributed by atoms with E-state index in [1.165, 1.54) is 0 Å². The standard InChI is InChI=1S/C23H24N2O3/c26-21-10-11-23-18(17(21)14-20-19(23)8-4-12-24-20)9-5-13-25(23)22(27)28-15-16-6-2-1-3-7-16/h1-4,6-8,12,17-18H,5,9-11,13-15H2/t17-,18+,23+/m0/s1. The largest absolute Gasteiger partial charge is 0.445 e. The molecule has 1 saturated heterocycles. The van der Waals surface area contributed by atoms with Crippen LogP contribution in [-0.2, 0) is 28.1 Å². The van der Waals surface area contributed by atoms with Crippen LogP contribution in [0.25, 0.3) is 0 Å². The molecular formula is C23H24N2O3. The third-order valence-electron chi connectivity index (χ3n) is 6.84. The van der Waals surface area contributed by atoms with Crippen molar-refractivity contribution in [1.82, 2.24) is 9.88 Å². The SMILES string of the molecule is O=C1CC[C@]23c4cccnc4C[C@H]1[C@H]2CCCN3C(=O)OCc1ccccc1. The number of hydrogen-bond donors (Lipinski definition) is 0. The second-order valence-electron chi connectivity index (χ2n) is 8.14. The highest BCUT2D eigenvalue weighted by Crippen LogP contribution is 2.56. The Hall–Kier alpha value is -2.69. The molecule has 144 valence electrons. The minimum Gasteiger partial charge on any atom is -0.445 e. The van der Waals surface area contributed by atoms with Crippen LogP contribution in [0.3, 0.4) is 0 Å². The van der Waals surface area contributed by atoms with Gasteiger partial charge in [-0.05, 0) is 42.4 Å². The molecule has 2 fully saturated rings. The van der Waals surface area contributed by atoms with Crippen molar-refractivity contribution in [1.29, 1.82) is 0 Å². The molecule has 28 heavy (non-hydrogen) atoms. The first-order valence-electron chi connectivity index (χ1n) is 10.2. The number of piperidine rings is 1. The van der Waals surface area contributed by atoms with Crippen molar-refractivity contribution < 1.29 is 14.3 Å². The van der Waals surface area contributed by atoms with E-state index in [-0.39, 0.29) is 24.5 Å². The molecule has 0 N–H and O–H groups in total. The van der Waals surface area contributed by atoms with Gasteiger partial charge in [0.1, 0.15) is 12.4 Å². The van der Waals surface area contributed by atoms with Crippen LogP contribution >= 0.6 is 0 Å². The molecule has 2 bridgehead atoms. The lowest BCUT2D eigenvalue weighted by Gasteiger charge is -2.58. The highest BCUT2D eigenvalue weighted by atomic mass is 16.6. The number of Topliss-reactive ketones (excluding diaryl/α,β-unsaturated/α-hetero) is 1. The summed E-state index contributed by atoms with van der Waals surface area (Å²) >= 11 is 0. The molecule has 1 aliphatic heterocycles. The van der Waals surface area contributed by atoms with Gasteiger partial charge in [-0.2, -0.15) is 0 Å². The molecule has 1 saturated carbocycles. The Morgan fingerprint density at radius 2 is 2.07 bits per heavy atom. The summed E-state index contributed by atoms with van der Waals surface area (Å²) in [6.07, 6.45) is 5.30. The molecule has 0 spiro atoms. The van der Waals surface area contributed by atoms with E-state index in [9.17, 15) is 9.59 Å². The van der Waals surface area contributed by atoms with E-state index in [4.69, 9.17) is 4.74 Å². The van der Waals surface area contributed by atoms with Crippen LogP contribution in [-0.4, -0.2) is 28.3 Å². The normalized spacial score (nSPS) is 28.3. The predicted molar refractivity (Wildman–Crippen MR) is 103 cm³/mol. The minimum absolute atomic E-state index is 0.0270. The zero-order valence-corrected chi connectivity index (χ0v) is 15.8. The molecule has 1 aromatic carbocycles. The number of aromatic nitrogens is 1. The topological polar surface area (TPSA) is 59.5 Å². The van der Waals surface area contributed by atoms with Crippen molar-refractivity contribution in [2.24, 2.45) is 11.8 Å². The number of ketones is 1. The van der Waals surface area contributed by atoms with Crippen LogP contribution in [0.1, 0.15) is 42.5 Å². The molecule has 0 unspecified atom stereocenters. The molecule has 2 aliphatic carbocycles. The van der Waals surface area contributed by atoms with Gasteiger partial charge in [-0.1, -0.05) is 36.4 Å². The van der Waals surface area contributed by atoms with Crippen LogP contribution in [0.2, 0.25) is 0 Å². The third-order valence-corrected chi connectivity index (χ3v) is 6.84. The lowest BCUT2D eigenvalue weighted by atomic mass is 9.55. The van der Waals surface area contributed by atoms with E-state index >= 15 is 0 Å². The van der Waals surface area contributed by atoms with Crippen molar-refractivity contribution in [2.45, 2.75) is 44.2 Å². The first-order chi connectivity index (χ1) is 13.7. The van der Waals surface area contributed by atoms with Crippen molar-refractivity contribution in [3.63, 3.8) is 0 Å². The first-order valence-corrected chi connectivity index (χ1v) is 10.2. The van der Waals surface area contributed by atoms with E-state index in [2.05, 4.69) is 11.1 Å². The summed E-state index contributed by atoms with van der Waals surface area (Å²) in [4.78, 5) is 32.4. The second kappa shape index (κ2) is 6.73. The highest BCUT2D eigenvalue weighted by molar-refractivity contribution is 5.84. The van der Waals surface area contributed by atoms with Gasteiger partial charge in [0.2, 0.25) is 0 Å². The molecule has 2 heterocycles. The van der Waals surface area contributed by atoms with Gasteiger partial charge in [0.25, 0.3) is 0 Å². The fourth-order valence-electron chi connectivity index (χ4n) is 5.68. The maximum Gasteiger partial charge on any atom is 0.410 e. The van der Waals surface area contributed by atoms with Gasteiger partial charge in [-0.3, -0.25) is 14.7 Å². The number of benzene rings is 1. The van der Waals surface area contributed by atoms with E-state index in [1.807, 2.05) is 41.3 Å². The quantitative estimate of drug-likeness (QED) is 0.799. The molecule has 5 heteroatoms. The highest BCUT2D eigenvalue weighted by Gasteiger charge is 2.59. The van der Waals surface area contributed by atoms with Gasteiger partial charge in [-0.25, -0.2) is 4.79 Å². The summed E-state index contributed by atoms with van der Waals surface area (Å²) in [5.41, 5.74) is 2.62. The summed E-state index contributed by atoms with van der Waals surface area (Å²) < 4.78 is 5.73. The fraction of sp³-hybridized carbons (Fsp3) is 0.435. The van der Waals surface area contributed by atoms with Crippen LogP contribution in [0.15, 0.2) is 48.7 Å². The second-order valence-corrected chi connectivity index (χ2v) is 8.14. The molecule has 1 aromatic heterocycles. The summed E-state index contributed by atoms with van der Waals surface area (Å²) in [6.45, 7) is 0.929. The number of pyridine rings is 1. The monoisotopic (exact) mass is 376 g/mol. The Morgan fingerprint density at radius 1 is 1.21 bits per heavy atom. The maximum absolute atomic E-state index is 13.2. The van der Waals surface area contributed by atoms with Gasteiger partial charge in [-0.15, -0.1) is 0 Å². The summed E-state index contributed by atoms with van der Waals surface area (Å²) in [7, 11) is 0. The van der Waals surface area contributed by atoms with Gasteiger partial charge in [0.05, 0.1) is 5.54 Å². The summed E-state index contributed by atoms with van der Waals surface area (Å²) in [5.74, 6) is 0.473. The van der Waals surface area contributed by atoms with Crippen molar-refractivity contribution in [3.05, 3.63) is 65.5 Å². The number of carbonyl (C=O) groups is 2. The molecule has 3 atom stereocenters. The number of fused-ring (bicyclic) bond motifs is 1. The summed E-state index contributed by atoms with van der Waals surface area (Å²) in [5, 5.41) is 0. The Morgan fingerprint density at radius 3 is 2.93 bits per heavy atom. The average molecular weight is 376 g/mol. The lowest BCUT2D eigenvalue weighted by Crippen LogP contribution is -2.64. The Kier molecular flexibility index (Phi) is 4.18. The van der Waals surface area contributed by atoms with Gasteiger partial charge in [0, 0.05) is 37.2 Å². The summed E-state index contributed by atoms with van der Waals surface area (Å²) in [6, 6.07) is 13.8. The Balaban J connectivity index is 1.51. The molecule has 1 amide bonds. The lowest BCUT2D eigenvalue weighted by molar-refractivity contribution is -0.139. The Labute approximate surface area is 164 Å². The fourth-order valence-corrected chi connectivity index (χ4v) is 5.68. The van der Waals surface area contributed by atoms with Crippen molar-refractivity contribution >= 4 is 11.9 Å². The number of amides is 1. The zero-order chi connectivity index (χ0) is 19.1. The molecule has 5 rings (SSSR count). The number of likely N-dealkylation sites (tertiary alicyclic amines) is 1. The average Bonchev–Trinajstić information content (AvgIpc) is 2.75. The van der Waals surface area contributed by atoms with Crippen molar-refractivity contribution in [3.8, 4) is 0 Å². The molecule has 2 aromatic rings.